The van der Waals surface area contributed by atoms with Crippen molar-refractivity contribution in [3.63, 3.8) is 0 Å². The van der Waals surface area contributed by atoms with Gasteiger partial charge in [0.25, 0.3) is 5.76 Å². The van der Waals surface area contributed by atoms with Crippen molar-refractivity contribution in [2.24, 2.45) is 0 Å². The van der Waals surface area contributed by atoms with Gasteiger partial charge in [-0.3, -0.25) is 4.79 Å². The van der Waals surface area contributed by atoms with Gasteiger partial charge >= 0.3 is 0 Å². The molecule has 9 heteroatoms. The topological polar surface area (TPSA) is 63.2 Å². The fourth-order valence-electron chi connectivity index (χ4n) is 1.97. The van der Waals surface area contributed by atoms with Crippen LogP contribution < -0.4 is 5.32 Å². The van der Waals surface area contributed by atoms with Gasteiger partial charge in [-0.1, -0.05) is 35.5 Å². The molecule has 2 rings (SSSR count). The van der Waals surface area contributed by atoms with Crippen LogP contribution in [0.25, 0.3) is 0 Å². The minimum atomic E-state index is -3.64. The van der Waals surface area contributed by atoms with Gasteiger partial charge in [0.15, 0.2) is 9.84 Å². The van der Waals surface area contributed by atoms with Crippen LogP contribution >= 0.6 is 23.4 Å². The molecule has 0 saturated carbocycles. The summed E-state index contributed by atoms with van der Waals surface area (Å²) in [5.74, 6) is -3.59. The minimum absolute atomic E-state index is 0.0679. The zero-order valence-electron chi connectivity index (χ0n) is 12.8. The summed E-state index contributed by atoms with van der Waals surface area (Å²) in [6.07, 6.45) is -0.293. The zero-order chi connectivity index (χ0) is 18.4. The number of anilines is 1. The molecule has 0 aliphatic carbocycles. The highest BCUT2D eigenvalue weighted by Gasteiger charge is 2.17. The molecule has 0 aliphatic heterocycles. The first-order chi connectivity index (χ1) is 11.8. The lowest BCUT2D eigenvalue weighted by Gasteiger charge is -2.10. The number of sulfone groups is 1. The van der Waals surface area contributed by atoms with E-state index < -0.39 is 27.3 Å². The molecule has 1 amide bonds. The Morgan fingerprint density at radius 3 is 2.40 bits per heavy atom. The molecule has 0 unspecified atom stereocenters. The molecule has 134 valence electrons. The molecular formula is C16H14ClF2NO3S2. The molecule has 0 radical (unpaired) electrons. The molecule has 0 atom stereocenters. The molecule has 2 aromatic carbocycles. The van der Waals surface area contributed by atoms with Crippen molar-refractivity contribution in [3.05, 3.63) is 53.6 Å². The van der Waals surface area contributed by atoms with Crippen molar-refractivity contribution >= 4 is 44.8 Å². The van der Waals surface area contributed by atoms with E-state index in [2.05, 4.69) is 5.32 Å². The fraction of sp³-hybridized carbons (Fsp3) is 0.188. The van der Waals surface area contributed by atoms with Gasteiger partial charge in [0, 0.05) is 16.3 Å². The number of thioether (sulfide) groups is 1. The van der Waals surface area contributed by atoms with Gasteiger partial charge in [-0.05, 0) is 36.4 Å². The van der Waals surface area contributed by atoms with Crippen LogP contribution in [-0.4, -0.2) is 25.8 Å². The second-order valence-corrected chi connectivity index (χ2v) is 8.52. The highest BCUT2D eigenvalue weighted by atomic mass is 35.5. The molecule has 0 aliphatic rings. The van der Waals surface area contributed by atoms with Crippen LogP contribution in [0.4, 0.5) is 14.5 Å². The normalized spacial score (nSPS) is 11.5. The number of benzene rings is 2. The van der Waals surface area contributed by atoms with Gasteiger partial charge in [0.1, 0.15) is 0 Å². The zero-order valence-corrected chi connectivity index (χ0v) is 15.2. The smallest absolute Gasteiger partial charge is 0.288 e. The van der Waals surface area contributed by atoms with E-state index in [-0.39, 0.29) is 21.9 Å². The standard InChI is InChI=1S/C16H14ClF2NO3S2/c17-11-5-7-12(8-6-11)25(22,23)10-9-15(21)20-13-3-1-2-4-14(13)24-16(18)19/h1-8,16H,9-10H2,(H,20,21). The molecule has 0 bridgehead atoms. The average molecular weight is 406 g/mol. The Labute approximate surface area is 153 Å². The molecule has 4 nitrogen and oxygen atoms in total. The third-order valence-corrected chi connectivity index (χ3v) is 5.92. The lowest BCUT2D eigenvalue weighted by Crippen LogP contribution is -2.17. The average Bonchev–Trinajstić information content (AvgIpc) is 2.55. The molecular weight excluding hydrogens is 392 g/mol. The van der Waals surface area contributed by atoms with Gasteiger partial charge < -0.3 is 5.32 Å². The summed E-state index contributed by atoms with van der Waals surface area (Å²) in [6, 6.07) is 11.7. The summed E-state index contributed by atoms with van der Waals surface area (Å²) >= 11 is 6.03. The maximum Gasteiger partial charge on any atom is 0.288 e. The third kappa shape index (κ3) is 5.98. The van der Waals surface area contributed by atoms with Crippen LogP contribution in [0.1, 0.15) is 6.42 Å². The van der Waals surface area contributed by atoms with Crippen LogP contribution in [0.5, 0.6) is 0 Å². The number of amides is 1. The number of carbonyl (C=O) groups excluding carboxylic acids is 1. The summed E-state index contributed by atoms with van der Waals surface area (Å²) in [4.78, 5) is 12.3. The summed E-state index contributed by atoms with van der Waals surface area (Å²) < 4.78 is 49.4. The number of rotatable bonds is 7. The second kappa shape index (κ2) is 8.64. The summed E-state index contributed by atoms with van der Waals surface area (Å²) in [6.45, 7) is 0. The van der Waals surface area contributed by atoms with Crippen LogP contribution in [0, 0.1) is 0 Å². The van der Waals surface area contributed by atoms with Crippen molar-refractivity contribution in [3.8, 4) is 0 Å². The highest BCUT2D eigenvalue weighted by Crippen LogP contribution is 2.31. The van der Waals surface area contributed by atoms with Crippen molar-refractivity contribution in [2.45, 2.75) is 22.0 Å². The molecule has 0 aromatic heterocycles. The van der Waals surface area contributed by atoms with Crippen LogP contribution in [0.15, 0.2) is 58.3 Å². The van der Waals surface area contributed by atoms with Crippen LogP contribution in [0.3, 0.4) is 0 Å². The maximum atomic E-state index is 12.5. The first-order valence-corrected chi connectivity index (χ1v) is 10.0. The number of nitrogens with one attached hydrogen (secondary N) is 1. The Morgan fingerprint density at radius 2 is 1.76 bits per heavy atom. The minimum Gasteiger partial charge on any atom is -0.325 e. The molecule has 0 spiro atoms. The predicted octanol–water partition coefficient (Wildman–Crippen LogP) is 4.46. The number of para-hydroxylation sites is 1. The van der Waals surface area contributed by atoms with Gasteiger partial charge in [-0.2, -0.15) is 8.78 Å². The van der Waals surface area contributed by atoms with Crippen molar-refractivity contribution in [1.82, 2.24) is 0 Å². The SMILES string of the molecule is O=C(CCS(=O)(=O)c1ccc(Cl)cc1)Nc1ccccc1SC(F)F. The van der Waals surface area contributed by atoms with Crippen molar-refractivity contribution in [1.29, 1.82) is 0 Å². The maximum absolute atomic E-state index is 12.5. The second-order valence-electron chi connectivity index (χ2n) is 4.95. The molecule has 1 N–H and O–H groups in total. The Bertz CT molecular complexity index is 843. The Kier molecular flexibility index (Phi) is 6.80. The monoisotopic (exact) mass is 405 g/mol. The molecule has 0 saturated heterocycles. The number of hydrogen-bond acceptors (Lipinski definition) is 4. The van der Waals surface area contributed by atoms with Gasteiger partial charge in [-0.25, -0.2) is 8.42 Å². The molecule has 2 aromatic rings. The lowest BCUT2D eigenvalue weighted by atomic mass is 10.3. The molecule has 25 heavy (non-hydrogen) atoms. The van der Waals surface area contributed by atoms with Crippen molar-refractivity contribution in [2.75, 3.05) is 11.1 Å². The van der Waals surface area contributed by atoms with Crippen molar-refractivity contribution < 1.29 is 22.0 Å². The first kappa shape index (κ1) is 19.7. The van der Waals surface area contributed by atoms with E-state index in [1.807, 2.05) is 0 Å². The summed E-state index contributed by atoms with van der Waals surface area (Å²) in [5, 5.41) is 2.88. The van der Waals surface area contributed by atoms with E-state index >= 15 is 0 Å². The fourth-order valence-corrected chi connectivity index (χ4v) is 3.93. The highest BCUT2D eigenvalue weighted by molar-refractivity contribution is 7.99. The Hall–Kier alpha value is -1.64. The van der Waals surface area contributed by atoms with E-state index in [0.717, 1.165) is 0 Å². The van der Waals surface area contributed by atoms with Crippen LogP contribution in [0.2, 0.25) is 5.02 Å². The van der Waals surface area contributed by atoms with E-state index in [9.17, 15) is 22.0 Å². The van der Waals surface area contributed by atoms with Gasteiger partial charge in [-0.15, -0.1) is 0 Å². The quantitative estimate of drug-likeness (QED) is 0.691. The number of halogens is 3. The summed E-state index contributed by atoms with van der Waals surface area (Å²) in [5.41, 5.74) is 0.224. The van der Waals surface area contributed by atoms with Crippen LogP contribution in [-0.2, 0) is 14.6 Å². The predicted molar refractivity (Wildman–Crippen MR) is 95.1 cm³/mol. The summed E-state index contributed by atoms with van der Waals surface area (Å²) in [7, 11) is -3.64. The van der Waals surface area contributed by atoms with E-state index in [4.69, 9.17) is 11.6 Å². The Balaban J connectivity index is 2.00. The largest absolute Gasteiger partial charge is 0.325 e. The number of carbonyl (C=O) groups is 1. The van der Waals surface area contributed by atoms with Gasteiger partial charge in [0.05, 0.1) is 16.3 Å². The molecule has 0 fully saturated rings. The lowest BCUT2D eigenvalue weighted by molar-refractivity contribution is -0.115. The van der Waals surface area contributed by atoms with E-state index in [1.165, 1.54) is 36.4 Å². The number of alkyl halides is 2. The first-order valence-electron chi connectivity index (χ1n) is 7.10. The number of hydrogen-bond donors (Lipinski definition) is 1. The van der Waals surface area contributed by atoms with E-state index in [0.29, 0.717) is 16.8 Å². The van der Waals surface area contributed by atoms with Gasteiger partial charge in [0.2, 0.25) is 5.91 Å². The Morgan fingerprint density at radius 1 is 1.12 bits per heavy atom. The van der Waals surface area contributed by atoms with E-state index in [1.54, 1.807) is 12.1 Å². The molecule has 0 heterocycles. The third-order valence-electron chi connectivity index (χ3n) is 3.15.